The quantitative estimate of drug-likeness (QED) is 0.148. The van der Waals surface area contributed by atoms with Crippen molar-refractivity contribution in [3.63, 3.8) is 0 Å². The van der Waals surface area contributed by atoms with E-state index in [0.29, 0.717) is 24.0 Å². The third-order valence-electron chi connectivity index (χ3n) is 5.09. The first-order valence-electron chi connectivity index (χ1n) is 10.3. The number of ether oxygens (including phenoxy) is 1. The smallest absolute Gasteiger partial charge is 0.416 e. The molecule has 6 nitrogen and oxygen atoms in total. The molecule has 4 aromatic carbocycles. The highest BCUT2D eigenvalue weighted by Gasteiger charge is 2.33. The van der Waals surface area contributed by atoms with Gasteiger partial charge in [0.2, 0.25) is 0 Å². The molecule has 1 N–H and O–H groups in total. The van der Waals surface area contributed by atoms with E-state index in [0.717, 1.165) is 32.9 Å². The van der Waals surface area contributed by atoms with Crippen LogP contribution in [-0.2, 0) is 12.8 Å². The summed E-state index contributed by atoms with van der Waals surface area (Å²) in [5, 5.41) is 17.5. The van der Waals surface area contributed by atoms with Crippen LogP contribution >= 0.6 is 15.9 Å². The van der Waals surface area contributed by atoms with Crippen molar-refractivity contribution >= 4 is 44.3 Å². The molecule has 178 valence electrons. The molecular weight excluding hydrogens is 527 g/mol. The topological polar surface area (TPSA) is 76.8 Å². The van der Waals surface area contributed by atoms with Crippen molar-refractivity contribution in [3.05, 3.63) is 110 Å². The molecule has 0 radical (unpaired) electrons. The van der Waals surface area contributed by atoms with Gasteiger partial charge >= 0.3 is 6.18 Å². The van der Waals surface area contributed by atoms with Crippen LogP contribution < -0.4 is 10.2 Å². The molecule has 0 unspecified atom stereocenters. The number of fused-ring (bicyclic) bond motifs is 1. The van der Waals surface area contributed by atoms with Gasteiger partial charge in [-0.2, -0.15) is 18.3 Å². The molecule has 4 rings (SSSR count). The first-order valence-corrected chi connectivity index (χ1v) is 11.0. The largest absolute Gasteiger partial charge is 0.488 e. The van der Waals surface area contributed by atoms with Gasteiger partial charge in [-0.25, -0.2) is 0 Å². The third kappa shape index (κ3) is 5.96. The molecule has 0 aliphatic carbocycles. The summed E-state index contributed by atoms with van der Waals surface area (Å²) in [7, 11) is 0. The SMILES string of the molecule is O=[N+]([O-])c1cc(C(F)(F)F)ccc1N/N=C\c1cc(Br)ccc1OCc1ccc2ccccc2c1. The standard InChI is InChI=1S/C25H17BrF3N3O3/c26-21-8-10-24(35-15-16-5-6-17-3-1-2-4-18(17)11-16)19(12-21)14-30-31-22-9-7-20(25(27,28)29)13-23(22)32(33)34/h1-14,31H,15H2/b30-14-. The lowest BCUT2D eigenvalue weighted by atomic mass is 10.1. The summed E-state index contributed by atoms with van der Waals surface area (Å²) in [6.45, 7) is 0.297. The molecule has 0 spiro atoms. The number of benzene rings is 4. The molecule has 0 atom stereocenters. The lowest BCUT2D eigenvalue weighted by Gasteiger charge is -2.11. The summed E-state index contributed by atoms with van der Waals surface area (Å²) >= 11 is 3.38. The minimum Gasteiger partial charge on any atom is -0.488 e. The minimum absolute atomic E-state index is 0.173. The lowest BCUT2D eigenvalue weighted by molar-refractivity contribution is -0.384. The van der Waals surface area contributed by atoms with E-state index in [4.69, 9.17) is 4.74 Å². The molecule has 0 fully saturated rings. The van der Waals surface area contributed by atoms with E-state index < -0.39 is 22.4 Å². The second-order valence-electron chi connectivity index (χ2n) is 7.51. The van der Waals surface area contributed by atoms with Crippen molar-refractivity contribution in [1.29, 1.82) is 0 Å². The molecule has 0 aromatic heterocycles. The van der Waals surface area contributed by atoms with Crippen molar-refractivity contribution in [1.82, 2.24) is 0 Å². The zero-order valence-corrected chi connectivity index (χ0v) is 19.5. The van der Waals surface area contributed by atoms with Crippen LogP contribution in [0.3, 0.4) is 0 Å². The van der Waals surface area contributed by atoms with Gasteiger partial charge in [0.25, 0.3) is 5.69 Å². The number of rotatable bonds is 7. The maximum atomic E-state index is 12.9. The fourth-order valence-electron chi connectivity index (χ4n) is 3.37. The molecule has 10 heteroatoms. The van der Waals surface area contributed by atoms with E-state index >= 15 is 0 Å². The molecule has 0 aliphatic heterocycles. The Balaban J connectivity index is 1.52. The monoisotopic (exact) mass is 543 g/mol. The number of nitrogens with one attached hydrogen (secondary N) is 1. The molecular formula is C25H17BrF3N3O3. The number of halogens is 4. The van der Waals surface area contributed by atoms with Crippen LogP contribution in [0.4, 0.5) is 24.5 Å². The maximum absolute atomic E-state index is 12.9. The summed E-state index contributed by atoms with van der Waals surface area (Å²) in [5.41, 5.74) is 1.95. The average molecular weight is 544 g/mol. The summed E-state index contributed by atoms with van der Waals surface area (Å²) in [6.07, 6.45) is -3.32. The number of anilines is 1. The van der Waals surface area contributed by atoms with Crippen LogP contribution in [0.25, 0.3) is 10.8 Å². The van der Waals surface area contributed by atoms with Gasteiger partial charge in [-0.3, -0.25) is 15.5 Å². The highest BCUT2D eigenvalue weighted by Crippen LogP contribution is 2.35. The first kappa shape index (κ1) is 24.2. The maximum Gasteiger partial charge on any atom is 0.416 e. The molecule has 0 bridgehead atoms. The summed E-state index contributed by atoms with van der Waals surface area (Å²) in [5.74, 6) is 0.508. The van der Waals surface area contributed by atoms with E-state index in [-0.39, 0.29) is 5.69 Å². The van der Waals surface area contributed by atoms with Gasteiger partial charge in [-0.1, -0.05) is 52.3 Å². The van der Waals surface area contributed by atoms with Crippen LogP contribution in [0.15, 0.2) is 88.4 Å². The van der Waals surface area contributed by atoms with Gasteiger partial charge in [0.05, 0.1) is 16.7 Å². The molecule has 0 heterocycles. The van der Waals surface area contributed by atoms with Crippen molar-refractivity contribution in [2.24, 2.45) is 5.10 Å². The van der Waals surface area contributed by atoms with Crippen LogP contribution in [0.5, 0.6) is 5.75 Å². The molecule has 35 heavy (non-hydrogen) atoms. The number of hydrogen-bond acceptors (Lipinski definition) is 5. The van der Waals surface area contributed by atoms with Crippen molar-refractivity contribution < 1.29 is 22.8 Å². The van der Waals surface area contributed by atoms with Gasteiger partial charge in [0.15, 0.2) is 0 Å². The van der Waals surface area contributed by atoms with Crippen molar-refractivity contribution in [2.45, 2.75) is 12.8 Å². The predicted octanol–water partition coefficient (Wildman–Crippen LogP) is 7.55. The van der Waals surface area contributed by atoms with E-state index in [2.05, 4.69) is 26.5 Å². The van der Waals surface area contributed by atoms with E-state index in [1.165, 1.54) is 6.21 Å². The Morgan fingerprint density at radius 2 is 1.77 bits per heavy atom. The average Bonchev–Trinajstić information content (AvgIpc) is 2.82. The van der Waals surface area contributed by atoms with Gasteiger partial charge < -0.3 is 4.74 Å². The lowest BCUT2D eigenvalue weighted by Crippen LogP contribution is -2.06. The summed E-state index contributed by atoms with van der Waals surface area (Å²) in [4.78, 5) is 10.4. The Kier molecular flexibility index (Phi) is 7.02. The van der Waals surface area contributed by atoms with Gasteiger partial charge in [0.1, 0.15) is 18.0 Å². The molecule has 4 aromatic rings. The van der Waals surface area contributed by atoms with Crippen LogP contribution in [0.1, 0.15) is 16.7 Å². The Hall–Kier alpha value is -3.92. The number of nitro groups is 1. The minimum atomic E-state index is -4.69. The Bertz CT molecular complexity index is 1420. The Morgan fingerprint density at radius 1 is 1.00 bits per heavy atom. The second kappa shape index (κ2) is 10.1. The summed E-state index contributed by atoms with van der Waals surface area (Å²) < 4.78 is 45.4. The number of nitro benzene ring substituents is 1. The fraction of sp³-hybridized carbons (Fsp3) is 0.0800. The van der Waals surface area contributed by atoms with Crippen LogP contribution in [0, 0.1) is 10.1 Å². The Morgan fingerprint density at radius 3 is 2.51 bits per heavy atom. The number of hydrogen-bond donors (Lipinski definition) is 1. The van der Waals surface area contributed by atoms with Crippen molar-refractivity contribution in [2.75, 3.05) is 5.43 Å². The molecule has 0 amide bonds. The zero-order valence-electron chi connectivity index (χ0n) is 17.9. The van der Waals surface area contributed by atoms with E-state index in [1.54, 1.807) is 18.2 Å². The fourth-order valence-corrected chi connectivity index (χ4v) is 3.75. The highest BCUT2D eigenvalue weighted by atomic mass is 79.9. The summed E-state index contributed by atoms with van der Waals surface area (Å²) in [6, 6.07) is 21.5. The molecule has 0 saturated carbocycles. The van der Waals surface area contributed by atoms with E-state index in [1.807, 2.05) is 42.5 Å². The van der Waals surface area contributed by atoms with E-state index in [9.17, 15) is 23.3 Å². The molecule has 0 saturated heterocycles. The van der Waals surface area contributed by atoms with Gasteiger partial charge in [-0.15, -0.1) is 0 Å². The highest BCUT2D eigenvalue weighted by molar-refractivity contribution is 9.10. The normalized spacial score (nSPS) is 11.7. The third-order valence-corrected chi connectivity index (χ3v) is 5.58. The van der Waals surface area contributed by atoms with Crippen LogP contribution in [-0.4, -0.2) is 11.1 Å². The second-order valence-corrected chi connectivity index (χ2v) is 8.42. The van der Waals surface area contributed by atoms with Gasteiger partial charge in [0, 0.05) is 16.1 Å². The van der Waals surface area contributed by atoms with Gasteiger partial charge in [-0.05, 0) is 52.7 Å². The van der Waals surface area contributed by atoms with Crippen LogP contribution in [0.2, 0.25) is 0 Å². The predicted molar refractivity (Wildman–Crippen MR) is 132 cm³/mol. The zero-order chi connectivity index (χ0) is 25.0. The molecule has 0 aliphatic rings. The number of alkyl halides is 3. The first-order chi connectivity index (χ1) is 16.7. The number of nitrogens with zero attached hydrogens (tertiary/aromatic N) is 2. The Labute approximate surface area is 206 Å². The number of hydrazone groups is 1. The van der Waals surface area contributed by atoms with Crippen molar-refractivity contribution in [3.8, 4) is 5.75 Å².